The monoisotopic (exact) mass is 475 g/mol. The maximum atomic E-state index is 13.0. The van der Waals surface area contributed by atoms with E-state index >= 15 is 0 Å². The van der Waals surface area contributed by atoms with E-state index in [2.05, 4.69) is 10.9 Å². The van der Waals surface area contributed by atoms with Crippen LogP contribution >= 0.6 is 34.8 Å². The fourth-order valence-electron chi connectivity index (χ4n) is 3.22. The first-order chi connectivity index (χ1) is 13.8. The van der Waals surface area contributed by atoms with Gasteiger partial charge in [-0.2, -0.15) is 4.31 Å². The molecule has 1 heterocycles. The number of piperidine rings is 1. The van der Waals surface area contributed by atoms with Gasteiger partial charge in [0.1, 0.15) is 4.90 Å². The molecule has 0 aliphatic carbocycles. The molecule has 0 aromatic heterocycles. The topological polar surface area (TPSA) is 78.5 Å². The molecule has 10 heteroatoms. The molecule has 156 valence electrons. The van der Waals surface area contributed by atoms with Crippen molar-refractivity contribution in [3.63, 3.8) is 0 Å². The summed E-state index contributed by atoms with van der Waals surface area (Å²) in [5.41, 5.74) is 6.15. The van der Waals surface area contributed by atoms with Crippen molar-refractivity contribution >= 4 is 56.4 Å². The van der Waals surface area contributed by atoms with Crippen LogP contribution in [-0.2, 0) is 14.8 Å². The summed E-state index contributed by atoms with van der Waals surface area (Å²) < 4.78 is 27.4. The Bertz CT molecular complexity index is 984. The second kappa shape index (κ2) is 9.53. The Morgan fingerprint density at radius 1 is 1.10 bits per heavy atom. The first-order valence-electron chi connectivity index (χ1n) is 9.02. The van der Waals surface area contributed by atoms with Crippen LogP contribution in [0.25, 0.3) is 0 Å². The van der Waals surface area contributed by atoms with Gasteiger partial charge in [0, 0.05) is 24.5 Å². The molecule has 29 heavy (non-hydrogen) atoms. The molecule has 6 nitrogen and oxygen atoms in total. The van der Waals surface area contributed by atoms with Crippen molar-refractivity contribution in [3.8, 4) is 0 Å². The van der Waals surface area contributed by atoms with E-state index in [-0.39, 0.29) is 39.7 Å². The summed E-state index contributed by atoms with van der Waals surface area (Å²) in [6, 6.07) is 11.4. The number of hydrazine groups is 1. The number of rotatable bonds is 6. The van der Waals surface area contributed by atoms with Gasteiger partial charge in [0.05, 0.1) is 15.7 Å². The van der Waals surface area contributed by atoms with E-state index in [9.17, 15) is 13.2 Å². The lowest BCUT2D eigenvalue weighted by molar-refractivity contribution is -0.121. The van der Waals surface area contributed by atoms with Gasteiger partial charge in [-0.15, -0.1) is 0 Å². The van der Waals surface area contributed by atoms with Gasteiger partial charge in [-0.1, -0.05) is 40.9 Å². The van der Waals surface area contributed by atoms with Crippen molar-refractivity contribution in [1.29, 1.82) is 0 Å². The van der Waals surface area contributed by atoms with E-state index in [1.807, 2.05) is 0 Å². The summed E-state index contributed by atoms with van der Waals surface area (Å²) in [7, 11) is -3.79. The van der Waals surface area contributed by atoms with Crippen LogP contribution in [-0.4, -0.2) is 31.7 Å². The standard InChI is InChI=1S/C19H20Cl3N3O3S/c20-14-6-8-15(9-7-14)23-24-18(26)11-13-3-2-10-25(12-13)29(27,28)17-5-1-4-16(21)19(17)22/h1,4-9,13,23H,2-3,10-12H2,(H,24,26). The molecule has 0 bridgehead atoms. The summed E-state index contributed by atoms with van der Waals surface area (Å²) >= 11 is 17.9. The highest BCUT2D eigenvalue weighted by atomic mass is 35.5. The average molecular weight is 477 g/mol. The summed E-state index contributed by atoms with van der Waals surface area (Å²) in [4.78, 5) is 12.3. The number of benzene rings is 2. The number of anilines is 1. The minimum atomic E-state index is -3.79. The number of halogens is 3. The highest BCUT2D eigenvalue weighted by Gasteiger charge is 2.32. The van der Waals surface area contributed by atoms with Crippen LogP contribution in [0.2, 0.25) is 15.1 Å². The number of carbonyl (C=O) groups is 1. The van der Waals surface area contributed by atoms with Crippen LogP contribution in [0.5, 0.6) is 0 Å². The third-order valence-electron chi connectivity index (χ3n) is 4.68. The van der Waals surface area contributed by atoms with E-state index < -0.39 is 10.0 Å². The summed E-state index contributed by atoms with van der Waals surface area (Å²) in [6.07, 6.45) is 1.64. The maximum absolute atomic E-state index is 13.0. The van der Waals surface area contributed by atoms with Gasteiger partial charge in [-0.3, -0.25) is 15.6 Å². The normalized spacial score (nSPS) is 17.7. The lowest BCUT2D eigenvalue weighted by Crippen LogP contribution is -2.42. The summed E-state index contributed by atoms with van der Waals surface area (Å²) in [6.45, 7) is 0.631. The Hall–Kier alpha value is -1.51. The van der Waals surface area contributed by atoms with Crippen LogP contribution < -0.4 is 10.9 Å². The number of sulfonamides is 1. The third-order valence-corrected chi connectivity index (χ3v) is 7.77. The Balaban J connectivity index is 1.60. The van der Waals surface area contributed by atoms with Crippen LogP contribution in [0, 0.1) is 5.92 Å². The van der Waals surface area contributed by atoms with Gasteiger partial charge in [0.15, 0.2) is 0 Å². The highest BCUT2D eigenvalue weighted by molar-refractivity contribution is 7.89. The second-order valence-corrected chi connectivity index (χ2v) is 9.94. The van der Waals surface area contributed by atoms with Crippen molar-refractivity contribution in [1.82, 2.24) is 9.73 Å². The second-order valence-electron chi connectivity index (χ2n) is 6.81. The Labute approximate surface area is 185 Å². The van der Waals surface area contributed by atoms with Gasteiger partial charge < -0.3 is 0 Å². The molecule has 1 aliphatic rings. The van der Waals surface area contributed by atoms with Crippen LogP contribution in [0.15, 0.2) is 47.4 Å². The molecule has 0 spiro atoms. The molecule has 2 N–H and O–H groups in total. The first-order valence-corrected chi connectivity index (χ1v) is 11.6. The van der Waals surface area contributed by atoms with Gasteiger partial charge in [0.2, 0.25) is 15.9 Å². The van der Waals surface area contributed by atoms with Crippen molar-refractivity contribution in [2.45, 2.75) is 24.2 Å². The zero-order valence-electron chi connectivity index (χ0n) is 15.4. The zero-order chi connectivity index (χ0) is 21.0. The SMILES string of the molecule is O=C(CC1CCCN(S(=O)(=O)c2cccc(Cl)c2Cl)C1)NNc1ccc(Cl)cc1. The minimum Gasteiger partial charge on any atom is -0.299 e. The number of hydrogen-bond acceptors (Lipinski definition) is 4. The lowest BCUT2D eigenvalue weighted by Gasteiger charge is -2.32. The Morgan fingerprint density at radius 3 is 2.55 bits per heavy atom. The van der Waals surface area contributed by atoms with Crippen LogP contribution in [0.3, 0.4) is 0 Å². The van der Waals surface area contributed by atoms with Gasteiger partial charge in [-0.05, 0) is 55.2 Å². The van der Waals surface area contributed by atoms with Gasteiger partial charge in [0.25, 0.3) is 0 Å². The number of carbonyl (C=O) groups excluding carboxylic acids is 1. The molecular formula is C19H20Cl3N3O3S. The molecule has 1 saturated heterocycles. The predicted molar refractivity (Wildman–Crippen MR) is 116 cm³/mol. The Morgan fingerprint density at radius 2 is 1.83 bits per heavy atom. The molecule has 2 aromatic rings. The molecule has 3 rings (SSSR count). The van der Waals surface area contributed by atoms with Gasteiger partial charge >= 0.3 is 0 Å². The molecule has 0 saturated carbocycles. The molecule has 1 atom stereocenters. The molecule has 1 aliphatic heterocycles. The molecule has 0 radical (unpaired) electrons. The number of amides is 1. The van der Waals surface area contributed by atoms with Crippen molar-refractivity contribution in [2.24, 2.45) is 5.92 Å². The minimum absolute atomic E-state index is 0.0128. The molecule has 1 unspecified atom stereocenters. The van der Waals surface area contributed by atoms with Crippen molar-refractivity contribution < 1.29 is 13.2 Å². The Kier molecular flexibility index (Phi) is 7.29. The fraction of sp³-hybridized carbons (Fsp3) is 0.316. The summed E-state index contributed by atoms with van der Waals surface area (Å²) in [5, 5.41) is 0.806. The van der Waals surface area contributed by atoms with Crippen molar-refractivity contribution in [2.75, 3.05) is 18.5 Å². The quantitative estimate of drug-likeness (QED) is 0.598. The molecule has 2 aromatic carbocycles. The molecular weight excluding hydrogens is 457 g/mol. The first kappa shape index (κ1) is 22.2. The van der Waals surface area contributed by atoms with E-state index in [0.717, 1.165) is 6.42 Å². The lowest BCUT2D eigenvalue weighted by atomic mass is 9.96. The average Bonchev–Trinajstić information content (AvgIpc) is 2.70. The third kappa shape index (κ3) is 5.55. The zero-order valence-corrected chi connectivity index (χ0v) is 18.5. The van der Waals surface area contributed by atoms with Crippen LogP contribution in [0.4, 0.5) is 5.69 Å². The largest absolute Gasteiger partial charge is 0.299 e. The summed E-state index contributed by atoms with van der Waals surface area (Å²) in [5.74, 6) is -0.312. The highest BCUT2D eigenvalue weighted by Crippen LogP contribution is 2.33. The van der Waals surface area contributed by atoms with Crippen LogP contribution in [0.1, 0.15) is 19.3 Å². The molecule has 1 fully saturated rings. The van der Waals surface area contributed by atoms with Gasteiger partial charge in [-0.25, -0.2) is 8.42 Å². The maximum Gasteiger partial charge on any atom is 0.244 e. The smallest absolute Gasteiger partial charge is 0.244 e. The molecule has 1 amide bonds. The van der Waals surface area contributed by atoms with E-state index in [1.54, 1.807) is 36.4 Å². The van der Waals surface area contributed by atoms with E-state index in [1.165, 1.54) is 10.4 Å². The number of nitrogens with one attached hydrogen (secondary N) is 2. The fourth-order valence-corrected chi connectivity index (χ4v) is 5.64. The number of hydrogen-bond donors (Lipinski definition) is 2. The predicted octanol–water partition coefficient (Wildman–Crippen LogP) is 4.58. The van der Waals surface area contributed by atoms with Crippen molar-refractivity contribution in [3.05, 3.63) is 57.5 Å². The van der Waals surface area contributed by atoms with E-state index in [0.29, 0.717) is 23.7 Å². The van der Waals surface area contributed by atoms with E-state index in [4.69, 9.17) is 34.8 Å². The number of nitrogens with zero attached hydrogens (tertiary/aromatic N) is 1.